The van der Waals surface area contributed by atoms with Gasteiger partial charge in [0.05, 0.1) is 0 Å². The van der Waals surface area contributed by atoms with Gasteiger partial charge in [-0.3, -0.25) is 9.59 Å². The fraction of sp³-hybridized carbons (Fsp3) is 0.231. The molecule has 17 heavy (non-hydrogen) atoms. The number of hydrogen-bond donors (Lipinski definition) is 1. The van der Waals surface area contributed by atoms with Crippen LogP contribution in [0, 0.1) is 5.92 Å². The molecule has 1 atom stereocenters. The maximum absolute atomic E-state index is 11.9. The van der Waals surface area contributed by atoms with E-state index >= 15 is 0 Å². The van der Waals surface area contributed by atoms with Gasteiger partial charge in [-0.15, -0.1) is 0 Å². The first-order valence-corrected chi connectivity index (χ1v) is 5.75. The van der Waals surface area contributed by atoms with E-state index in [1.807, 2.05) is 6.92 Å². The smallest absolute Gasteiger partial charge is 0.227 e. The Hall–Kier alpha value is -1.61. The van der Waals surface area contributed by atoms with Gasteiger partial charge in [0.1, 0.15) is 0 Å². The first kappa shape index (κ1) is 11.9. The van der Waals surface area contributed by atoms with Crippen LogP contribution >= 0.6 is 11.6 Å². The SMILES string of the molecule is CC1C/C(=C\C(=O)c2ccc(Cl)cc2)NC1=O. The predicted molar refractivity (Wildman–Crippen MR) is 65.8 cm³/mol. The minimum Gasteiger partial charge on any atom is -0.329 e. The Morgan fingerprint density at radius 1 is 1.41 bits per heavy atom. The lowest BCUT2D eigenvalue weighted by atomic mass is 10.1. The van der Waals surface area contributed by atoms with Gasteiger partial charge < -0.3 is 5.32 Å². The Balaban J connectivity index is 2.14. The Labute approximate surface area is 104 Å². The van der Waals surface area contributed by atoms with Gasteiger partial charge >= 0.3 is 0 Å². The van der Waals surface area contributed by atoms with Crippen molar-refractivity contribution in [3.63, 3.8) is 0 Å². The third-order valence-corrected chi connectivity index (χ3v) is 2.94. The minimum atomic E-state index is -0.119. The molecule has 4 heteroatoms. The van der Waals surface area contributed by atoms with Crippen LogP contribution in [-0.4, -0.2) is 11.7 Å². The van der Waals surface area contributed by atoms with Crippen LogP contribution in [0.2, 0.25) is 5.02 Å². The van der Waals surface area contributed by atoms with Crippen LogP contribution in [0.3, 0.4) is 0 Å². The second-order valence-corrected chi connectivity index (χ2v) is 4.57. The van der Waals surface area contributed by atoms with Gasteiger partial charge in [0, 0.05) is 28.3 Å². The summed E-state index contributed by atoms with van der Waals surface area (Å²) in [4.78, 5) is 23.1. The minimum absolute atomic E-state index is 0.0276. The number of benzene rings is 1. The van der Waals surface area contributed by atoms with Crippen molar-refractivity contribution in [2.24, 2.45) is 5.92 Å². The molecule has 0 aliphatic carbocycles. The summed E-state index contributed by atoms with van der Waals surface area (Å²) >= 11 is 5.74. The summed E-state index contributed by atoms with van der Waals surface area (Å²) in [6, 6.07) is 6.68. The molecule has 88 valence electrons. The Morgan fingerprint density at radius 3 is 2.59 bits per heavy atom. The molecular formula is C13H12ClNO2. The van der Waals surface area contributed by atoms with Gasteiger partial charge in [0.2, 0.25) is 5.91 Å². The predicted octanol–water partition coefficient (Wildman–Crippen LogP) is 2.56. The molecule has 0 saturated carbocycles. The zero-order valence-corrected chi connectivity index (χ0v) is 10.1. The van der Waals surface area contributed by atoms with E-state index in [4.69, 9.17) is 11.6 Å². The highest BCUT2D eigenvalue weighted by atomic mass is 35.5. The number of hydrogen-bond acceptors (Lipinski definition) is 2. The number of halogens is 1. The van der Waals surface area contributed by atoms with Crippen molar-refractivity contribution in [1.29, 1.82) is 0 Å². The van der Waals surface area contributed by atoms with Crippen molar-refractivity contribution in [2.45, 2.75) is 13.3 Å². The topological polar surface area (TPSA) is 46.2 Å². The summed E-state index contributed by atoms with van der Waals surface area (Å²) in [5, 5.41) is 3.29. The number of nitrogens with one attached hydrogen (secondary N) is 1. The van der Waals surface area contributed by atoms with E-state index in [0.29, 0.717) is 22.7 Å². The summed E-state index contributed by atoms with van der Waals surface area (Å²) in [6.07, 6.45) is 2.07. The molecule has 1 aliphatic heterocycles. The monoisotopic (exact) mass is 249 g/mol. The molecule has 1 aromatic carbocycles. The normalized spacial score (nSPS) is 21.6. The quantitative estimate of drug-likeness (QED) is 0.647. The third-order valence-electron chi connectivity index (χ3n) is 2.69. The molecule has 0 bridgehead atoms. The van der Waals surface area contributed by atoms with Gasteiger partial charge in [-0.25, -0.2) is 0 Å². The van der Waals surface area contributed by atoms with Crippen molar-refractivity contribution in [3.8, 4) is 0 Å². The van der Waals surface area contributed by atoms with Crippen LogP contribution < -0.4 is 5.32 Å². The van der Waals surface area contributed by atoms with Gasteiger partial charge in [-0.05, 0) is 30.7 Å². The zero-order valence-electron chi connectivity index (χ0n) is 9.37. The molecule has 3 nitrogen and oxygen atoms in total. The maximum Gasteiger partial charge on any atom is 0.227 e. The lowest BCUT2D eigenvalue weighted by molar-refractivity contribution is -0.121. The number of amides is 1. The van der Waals surface area contributed by atoms with E-state index in [1.165, 1.54) is 6.08 Å². The lowest BCUT2D eigenvalue weighted by Gasteiger charge is -1.98. The molecule has 1 aliphatic rings. The van der Waals surface area contributed by atoms with Crippen LogP contribution in [0.4, 0.5) is 0 Å². The van der Waals surface area contributed by atoms with E-state index in [1.54, 1.807) is 24.3 Å². The molecule has 1 amide bonds. The first-order chi connectivity index (χ1) is 8.06. The van der Waals surface area contributed by atoms with Crippen LogP contribution in [-0.2, 0) is 4.79 Å². The summed E-state index contributed by atoms with van der Waals surface area (Å²) in [6.45, 7) is 1.84. The second-order valence-electron chi connectivity index (χ2n) is 4.14. The average molecular weight is 250 g/mol. The van der Waals surface area contributed by atoms with Crippen molar-refractivity contribution < 1.29 is 9.59 Å². The van der Waals surface area contributed by atoms with Gasteiger partial charge in [0.25, 0.3) is 0 Å². The summed E-state index contributed by atoms with van der Waals surface area (Å²) in [5.74, 6) is -0.203. The maximum atomic E-state index is 11.9. The fourth-order valence-electron chi connectivity index (χ4n) is 1.71. The molecule has 0 aromatic heterocycles. The molecule has 1 N–H and O–H groups in total. The van der Waals surface area contributed by atoms with E-state index < -0.39 is 0 Å². The van der Waals surface area contributed by atoms with E-state index in [2.05, 4.69) is 5.32 Å². The highest BCUT2D eigenvalue weighted by molar-refractivity contribution is 6.30. The van der Waals surface area contributed by atoms with Crippen molar-refractivity contribution in [1.82, 2.24) is 5.32 Å². The van der Waals surface area contributed by atoms with Crippen molar-refractivity contribution in [3.05, 3.63) is 46.6 Å². The van der Waals surface area contributed by atoms with Crippen molar-refractivity contribution in [2.75, 3.05) is 0 Å². The van der Waals surface area contributed by atoms with Gasteiger partial charge in [-0.2, -0.15) is 0 Å². The molecule has 2 rings (SSSR count). The molecular weight excluding hydrogens is 238 g/mol. The number of carbonyl (C=O) groups excluding carboxylic acids is 2. The van der Waals surface area contributed by atoms with Crippen LogP contribution in [0.5, 0.6) is 0 Å². The Kier molecular flexibility index (Phi) is 3.29. The Bertz CT molecular complexity index is 491. The Morgan fingerprint density at radius 2 is 2.06 bits per heavy atom. The fourth-order valence-corrected chi connectivity index (χ4v) is 1.83. The molecule has 1 aromatic rings. The molecule has 1 unspecified atom stereocenters. The molecule has 0 spiro atoms. The summed E-state index contributed by atoms with van der Waals surface area (Å²) < 4.78 is 0. The third kappa shape index (κ3) is 2.74. The molecule has 1 heterocycles. The average Bonchev–Trinajstić information content (AvgIpc) is 2.58. The second kappa shape index (κ2) is 4.72. The summed E-state index contributed by atoms with van der Waals surface area (Å²) in [7, 11) is 0. The zero-order chi connectivity index (χ0) is 12.4. The largest absolute Gasteiger partial charge is 0.329 e. The highest BCUT2D eigenvalue weighted by Crippen LogP contribution is 2.18. The van der Waals surface area contributed by atoms with Crippen LogP contribution in [0.25, 0.3) is 0 Å². The lowest BCUT2D eigenvalue weighted by Crippen LogP contribution is -2.16. The van der Waals surface area contributed by atoms with Crippen LogP contribution in [0.1, 0.15) is 23.7 Å². The van der Waals surface area contributed by atoms with Gasteiger partial charge in [-0.1, -0.05) is 18.5 Å². The highest BCUT2D eigenvalue weighted by Gasteiger charge is 2.23. The van der Waals surface area contributed by atoms with E-state index in [-0.39, 0.29) is 17.6 Å². The standard InChI is InChI=1S/C13H12ClNO2/c1-8-6-11(15-13(8)17)7-12(16)9-2-4-10(14)5-3-9/h2-5,7-8H,6H2,1H3,(H,15,17)/b11-7+. The number of allylic oxidation sites excluding steroid dienone is 2. The summed E-state index contributed by atoms with van der Waals surface area (Å²) in [5.41, 5.74) is 1.25. The van der Waals surface area contributed by atoms with E-state index in [0.717, 1.165) is 0 Å². The first-order valence-electron chi connectivity index (χ1n) is 5.37. The van der Waals surface area contributed by atoms with Crippen LogP contribution in [0.15, 0.2) is 36.0 Å². The van der Waals surface area contributed by atoms with E-state index in [9.17, 15) is 9.59 Å². The number of carbonyl (C=O) groups is 2. The molecule has 0 radical (unpaired) electrons. The molecule has 1 fully saturated rings. The van der Waals surface area contributed by atoms with Gasteiger partial charge in [0.15, 0.2) is 5.78 Å². The number of ketones is 1. The number of rotatable bonds is 2. The van der Waals surface area contributed by atoms with Crippen molar-refractivity contribution >= 4 is 23.3 Å². The molecule has 1 saturated heterocycles.